The number of carbonyl (C=O) groups is 1. The van der Waals surface area contributed by atoms with Crippen LogP contribution in [-0.4, -0.2) is 16.5 Å². The van der Waals surface area contributed by atoms with Gasteiger partial charge in [0.25, 0.3) is 0 Å². The van der Waals surface area contributed by atoms with E-state index in [0.717, 1.165) is 5.56 Å². The molecule has 0 saturated carbocycles. The standard InChI is InChI=1S/C13H10O3/c14-8-12-11(2-1-3-13(12)16)9-4-6-10(15)7-5-9/h1-8,15-16H. The topological polar surface area (TPSA) is 57.5 Å². The van der Waals surface area contributed by atoms with Crippen molar-refractivity contribution in [3.05, 3.63) is 48.0 Å². The minimum Gasteiger partial charge on any atom is -0.508 e. The van der Waals surface area contributed by atoms with E-state index >= 15 is 0 Å². The molecule has 0 atom stereocenters. The number of phenols is 2. The average molecular weight is 214 g/mol. The van der Waals surface area contributed by atoms with E-state index in [2.05, 4.69) is 0 Å². The molecule has 16 heavy (non-hydrogen) atoms. The van der Waals surface area contributed by atoms with E-state index in [0.29, 0.717) is 11.8 Å². The molecule has 0 unspecified atom stereocenters. The summed E-state index contributed by atoms with van der Waals surface area (Å²) in [7, 11) is 0. The quantitative estimate of drug-likeness (QED) is 0.755. The first-order valence-electron chi connectivity index (χ1n) is 4.79. The van der Waals surface area contributed by atoms with E-state index < -0.39 is 0 Å². The molecule has 2 N–H and O–H groups in total. The van der Waals surface area contributed by atoms with Crippen LogP contribution in [0.2, 0.25) is 0 Å². The zero-order chi connectivity index (χ0) is 11.5. The molecule has 0 radical (unpaired) electrons. The number of hydrogen-bond donors (Lipinski definition) is 2. The smallest absolute Gasteiger partial charge is 0.154 e. The van der Waals surface area contributed by atoms with Crippen LogP contribution in [0.3, 0.4) is 0 Å². The Bertz CT molecular complexity index is 515. The molecule has 2 aromatic rings. The Labute approximate surface area is 92.6 Å². The second kappa shape index (κ2) is 4.06. The van der Waals surface area contributed by atoms with Crippen molar-refractivity contribution in [3.8, 4) is 22.6 Å². The van der Waals surface area contributed by atoms with Gasteiger partial charge >= 0.3 is 0 Å². The maximum atomic E-state index is 10.9. The van der Waals surface area contributed by atoms with E-state index in [4.69, 9.17) is 5.11 Å². The first-order valence-corrected chi connectivity index (χ1v) is 4.79. The number of aromatic hydroxyl groups is 2. The molecule has 0 aliphatic carbocycles. The highest BCUT2D eigenvalue weighted by atomic mass is 16.3. The summed E-state index contributed by atoms with van der Waals surface area (Å²) in [6, 6.07) is 11.3. The second-order valence-electron chi connectivity index (χ2n) is 3.40. The van der Waals surface area contributed by atoms with Crippen LogP contribution in [0.4, 0.5) is 0 Å². The molecule has 0 aromatic heterocycles. The number of hydrogen-bond acceptors (Lipinski definition) is 3. The van der Waals surface area contributed by atoms with Crippen molar-refractivity contribution in [2.45, 2.75) is 0 Å². The summed E-state index contributed by atoms with van der Waals surface area (Å²) in [5, 5.41) is 18.7. The monoisotopic (exact) mass is 214 g/mol. The summed E-state index contributed by atoms with van der Waals surface area (Å²) in [5.74, 6) is 0.122. The lowest BCUT2D eigenvalue weighted by Crippen LogP contribution is -1.87. The van der Waals surface area contributed by atoms with Gasteiger partial charge in [0, 0.05) is 0 Å². The summed E-state index contributed by atoms with van der Waals surface area (Å²) >= 11 is 0. The molecule has 0 aliphatic rings. The number of rotatable bonds is 2. The molecule has 2 aromatic carbocycles. The zero-order valence-corrected chi connectivity index (χ0v) is 8.42. The van der Waals surface area contributed by atoms with Gasteiger partial charge in [-0.2, -0.15) is 0 Å². The average Bonchev–Trinajstić information content (AvgIpc) is 2.30. The fraction of sp³-hybridized carbons (Fsp3) is 0. The van der Waals surface area contributed by atoms with Crippen LogP contribution >= 0.6 is 0 Å². The Morgan fingerprint density at radius 3 is 2.25 bits per heavy atom. The van der Waals surface area contributed by atoms with Crippen LogP contribution in [0.5, 0.6) is 11.5 Å². The minimum absolute atomic E-state index is 0.0411. The Kier molecular flexibility index (Phi) is 2.60. The third kappa shape index (κ3) is 1.75. The number of phenolic OH excluding ortho intramolecular Hbond substituents is 2. The Morgan fingerprint density at radius 1 is 0.938 bits per heavy atom. The van der Waals surface area contributed by atoms with Gasteiger partial charge in [0.1, 0.15) is 11.5 Å². The van der Waals surface area contributed by atoms with E-state index in [1.807, 2.05) is 0 Å². The first kappa shape index (κ1) is 10.2. The molecule has 0 bridgehead atoms. The summed E-state index contributed by atoms with van der Waals surface area (Å²) in [6.45, 7) is 0. The van der Waals surface area contributed by atoms with Gasteiger partial charge in [-0.05, 0) is 29.3 Å². The Hall–Kier alpha value is -2.29. The van der Waals surface area contributed by atoms with Crippen molar-refractivity contribution < 1.29 is 15.0 Å². The normalized spacial score (nSPS) is 10.0. The molecule has 0 fully saturated rings. The van der Waals surface area contributed by atoms with Gasteiger partial charge in [0.2, 0.25) is 0 Å². The van der Waals surface area contributed by atoms with E-state index in [-0.39, 0.29) is 17.1 Å². The molecule has 2 rings (SSSR count). The van der Waals surface area contributed by atoms with Crippen molar-refractivity contribution in [2.75, 3.05) is 0 Å². The van der Waals surface area contributed by atoms with Crippen LogP contribution < -0.4 is 0 Å². The lowest BCUT2D eigenvalue weighted by Gasteiger charge is -2.06. The zero-order valence-electron chi connectivity index (χ0n) is 8.42. The SMILES string of the molecule is O=Cc1c(O)cccc1-c1ccc(O)cc1. The highest BCUT2D eigenvalue weighted by Gasteiger charge is 2.08. The molecule has 0 saturated heterocycles. The van der Waals surface area contributed by atoms with Gasteiger partial charge in [0.15, 0.2) is 6.29 Å². The predicted octanol–water partition coefficient (Wildman–Crippen LogP) is 2.58. The molecule has 3 nitrogen and oxygen atoms in total. The number of carbonyl (C=O) groups excluding carboxylic acids is 1. The van der Waals surface area contributed by atoms with Gasteiger partial charge in [-0.25, -0.2) is 0 Å². The van der Waals surface area contributed by atoms with Gasteiger partial charge in [-0.3, -0.25) is 4.79 Å². The van der Waals surface area contributed by atoms with Crippen LogP contribution in [0.25, 0.3) is 11.1 Å². The van der Waals surface area contributed by atoms with Gasteiger partial charge in [0.05, 0.1) is 5.56 Å². The molecular formula is C13H10O3. The molecule has 3 heteroatoms. The van der Waals surface area contributed by atoms with Crippen molar-refractivity contribution in [1.29, 1.82) is 0 Å². The molecular weight excluding hydrogens is 204 g/mol. The predicted molar refractivity (Wildman–Crippen MR) is 60.6 cm³/mol. The van der Waals surface area contributed by atoms with E-state index in [1.54, 1.807) is 24.3 Å². The van der Waals surface area contributed by atoms with Crippen LogP contribution in [0.1, 0.15) is 10.4 Å². The van der Waals surface area contributed by atoms with Gasteiger partial charge < -0.3 is 10.2 Å². The molecule has 0 spiro atoms. The number of benzene rings is 2. The summed E-state index contributed by atoms with van der Waals surface area (Å²) < 4.78 is 0. The minimum atomic E-state index is -0.0411. The summed E-state index contributed by atoms with van der Waals surface area (Å²) in [5.41, 5.74) is 1.68. The fourth-order valence-electron chi connectivity index (χ4n) is 1.57. The van der Waals surface area contributed by atoms with E-state index in [1.165, 1.54) is 18.2 Å². The van der Waals surface area contributed by atoms with Gasteiger partial charge in [-0.15, -0.1) is 0 Å². The lowest BCUT2D eigenvalue weighted by molar-refractivity contribution is 0.112. The maximum absolute atomic E-state index is 10.9. The molecule has 0 amide bonds. The van der Waals surface area contributed by atoms with Gasteiger partial charge in [-0.1, -0.05) is 24.3 Å². The van der Waals surface area contributed by atoms with Crippen LogP contribution in [0.15, 0.2) is 42.5 Å². The molecule has 0 aliphatic heterocycles. The first-order chi connectivity index (χ1) is 7.72. The molecule has 0 heterocycles. The van der Waals surface area contributed by atoms with Crippen molar-refractivity contribution in [2.24, 2.45) is 0 Å². The lowest BCUT2D eigenvalue weighted by atomic mass is 10.00. The third-order valence-corrected chi connectivity index (χ3v) is 2.38. The van der Waals surface area contributed by atoms with E-state index in [9.17, 15) is 9.90 Å². The molecule has 80 valence electrons. The summed E-state index contributed by atoms with van der Waals surface area (Å²) in [6.07, 6.45) is 0.623. The van der Waals surface area contributed by atoms with Crippen LogP contribution in [-0.2, 0) is 0 Å². The third-order valence-electron chi connectivity index (χ3n) is 2.38. The second-order valence-corrected chi connectivity index (χ2v) is 3.40. The van der Waals surface area contributed by atoms with Crippen molar-refractivity contribution in [1.82, 2.24) is 0 Å². The fourth-order valence-corrected chi connectivity index (χ4v) is 1.57. The summed E-state index contributed by atoms with van der Waals surface area (Å²) in [4.78, 5) is 10.9. The Balaban J connectivity index is 2.59. The number of aldehydes is 1. The van der Waals surface area contributed by atoms with Crippen LogP contribution in [0, 0.1) is 0 Å². The van der Waals surface area contributed by atoms with Crippen molar-refractivity contribution in [3.63, 3.8) is 0 Å². The maximum Gasteiger partial charge on any atom is 0.154 e. The highest BCUT2D eigenvalue weighted by molar-refractivity contribution is 5.90. The Morgan fingerprint density at radius 2 is 1.62 bits per heavy atom. The largest absolute Gasteiger partial charge is 0.508 e. The van der Waals surface area contributed by atoms with Crippen molar-refractivity contribution >= 4 is 6.29 Å². The highest BCUT2D eigenvalue weighted by Crippen LogP contribution is 2.29.